The van der Waals surface area contributed by atoms with E-state index in [2.05, 4.69) is 12.2 Å². The quantitative estimate of drug-likeness (QED) is 0.905. The largest absolute Gasteiger partial charge is 0.326 e. The molecule has 1 aromatic carbocycles. The summed E-state index contributed by atoms with van der Waals surface area (Å²) in [7, 11) is 0. The fourth-order valence-electron chi connectivity index (χ4n) is 2.60. The van der Waals surface area contributed by atoms with E-state index in [0.29, 0.717) is 12.3 Å². The number of nitrogens with one attached hydrogen (secondary N) is 1. The molecule has 2 amide bonds. The number of benzene rings is 1. The Morgan fingerprint density at radius 2 is 2.21 bits per heavy atom. The minimum atomic E-state index is 0.0948. The van der Waals surface area contributed by atoms with Crippen molar-refractivity contribution in [2.75, 3.05) is 16.8 Å². The van der Waals surface area contributed by atoms with E-state index >= 15 is 0 Å². The average Bonchev–Trinajstić information content (AvgIpc) is 2.96. The molecule has 100 valence electrons. The molecule has 4 heteroatoms. The van der Waals surface area contributed by atoms with Crippen LogP contribution in [0.15, 0.2) is 24.3 Å². The van der Waals surface area contributed by atoms with Gasteiger partial charge >= 0.3 is 0 Å². The Bertz CT molecular complexity index is 527. The SMILES string of the molecule is C[C@H]1C[C@@H]1C(=O)Nc1cccc(N2CCCC2=O)c1. The smallest absolute Gasteiger partial charge is 0.227 e. The molecule has 0 bridgehead atoms. The highest BCUT2D eigenvalue weighted by Gasteiger charge is 2.39. The molecule has 2 fully saturated rings. The standard InChI is InChI=1S/C15H18N2O2/c1-10-8-13(10)15(19)16-11-4-2-5-12(9-11)17-7-3-6-14(17)18/h2,4-5,9-10,13H,3,6-8H2,1H3,(H,16,19)/t10-,13-/m0/s1. The zero-order valence-electron chi connectivity index (χ0n) is 11.1. The molecule has 0 aromatic heterocycles. The molecular weight excluding hydrogens is 240 g/mol. The Labute approximate surface area is 112 Å². The van der Waals surface area contributed by atoms with Crippen molar-refractivity contribution in [1.82, 2.24) is 0 Å². The molecule has 1 heterocycles. The minimum absolute atomic E-state index is 0.0948. The van der Waals surface area contributed by atoms with Crippen LogP contribution in [-0.4, -0.2) is 18.4 Å². The molecule has 1 saturated heterocycles. The number of carbonyl (C=O) groups excluding carboxylic acids is 2. The second-order valence-corrected chi connectivity index (χ2v) is 5.51. The van der Waals surface area contributed by atoms with Gasteiger partial charge in [0.05, 0.1) is 0 Å². The second-order valence-electron chi connectivity index (χ2n) is 5.51. The first-order valence-corrected chi connectivity index (χ1v) is 6.86. The third kappa shape index (κ3) is 2.48. The summed E-state index contributed by atoms with van der Waals surface area (Å²) in [5.41, 5.74) is 1.66. The fraction of sp³-hybridized carbons (Fsp3) is 0.467. The fourth-order valence-corrected chi connectivity index (χ4v) is 2.60. The van der Waals surface area contributed by atoms with Crippen molar-refractivity contribution in [2.45, 2.75) is 26.2 Å². The van der Waals surface area contributed by atoms with Crippen LogP contribution in [0.3, 0.4) is 0 Å². The van der Waals surface area contributed by atoms with Crippen molar-refractivity contribution in [3.05, 3.63) is 24.3 Å². The Balaban J connectivity index is 1.72. The maximum atomic E-state index is 11.9. The number of hydrogen-bond acceptors (Lipinski definition) is 2. The predicted molar refractivity (Wildman–Crippen MR) is 73.9 cm³/mol. The Hall–Kier alpha value is -1.84. The summed E-state index contributed by atoms with van der Waals surface area (Å²) in [6.45, 7) is 2.86. The average molecular weight is 258 g/mol. The van der Waals surface area contributed by atoms with Gasteiger partial charge in [-0.2, -0.15) is 0 Å². The third-order valence-electron chi connectivity index (χ3n) is 3.95. The highest BCUT2D eigenvalue weighted by Crippen LogP contribution is 2.38. The van der Waals surface area contributed by atoms with Crippen LogP contribution < -0.4 is 10.2 Å². The van der Waals surface area contributed by atoms with E-state index in [4.69, 9.17) is 0 Å². The van der Waals surface area contributed by atoms with Crippen molar-refractivity contribution in [1.29, 1.82) is 0 Å². The molecule has 3 rings (SSSR count). The van der Waals surface area contributed by atoms with Gasteiger partial charge in [0, 0.05) is 30.3 Å². The van der Waals surface area contributed by atoms with Crippen LogP contribution in [0.4, 0.5) is 11.4 Å². The van der Waals surface area contributed by atoms with Gasteiger partial charge in [-0.3, -0.25) is 9.59 Å². The van der Waals surface area contributed by atoms with Crippen molar-refractivity contribution in [3.8, 4) is 0 Å². The lowest BCUT2D eigenvalue weighted by Gasteiger charge is -2.16. The van der Waals surface area contributed by atoms with E-state index in [1.807, 2.05) is 24.3 Å². The predicted octanol–water partition coefficient (Wildman–Crippen LogP) is 2.41. The highest BCUT2D eigenvalue weighted by molar-refractivity contribution is 5.98. The number of amides is 2. The van der Waals surface area contributed by atoms with E-state index in [1.165, 1.54) is 0 Å². The molecule has 1 aliphatic carbocycles. The molecule has 1 N–H and O–H groups in total. The Morgan fingerprint density at radius 3 is 2.84 bits per heavy atom. The van der Waals surface area contributed by atoms with Crippen molar-refractivity contribution in [2.24, 2.45) is 11.8 Å². The van der Waals surface area contributed by atoms with E-state index in [9.17, 15) is 9.59 Å². The molecule has 1 aromatic rings. The molecule has 1 saturated carbocycles. The first-order valence-electron chi connectivity index (χ1n) is 6.86. The van der Waals surface area contributed by atoms with Crippen LogP contribution in [0.5, 0.6) is 0 Å². The van der Waals surface area contributed by atoms with Crippen LogP contribution in [0.25, 0.3) is 0 Å². The third-order valence-corrected chi connectivity index (χ3v) is 3.95. The summed E-state index contributed by atoms with van der Waals surface area (Å²) < 4.78 is 0. The number of hydrogen-bond donors (Lipinski definition) is 1. The summed E-state index contributed by atoms with van der Waals surface area (Å²) in [6.07, 6.45) is 2.52. The zero-order chi connectivity index (χ0) is 13.4. The monoisotopic (exact) mass is 258 g/mol. The van der Waals surface area contributed by atoms with E-state index in [0.717, 1.165) is 30.8 Å². The van der Waals surface area contributed by atoms with Gasteiger partial charge in [-0.1, -0.05) is 13.0 Å². The number of carbonyl (C=O) groups is 2. The van der Waals surface area contributed by atoms with Gasteiger partial charge < -0.3 is 10.2 Å². The summed E-state index contributed by atoms with van der Waals surface area (Å²) in [5, 5.41) is 2.94. The molecule has 0 radical (unpaired) electrons. The van der Waals surface area contributed by atoms with Crippen molar-refractivity contribution in [3.63, 3.8) is 0 Å². The van der Waals surface area contributed by atoms with Gasteiger partial charge in [0.2, 0.25) is 11.8 Å². The summed E-state index contributed by atoms with van der Waals surface area (Å²) >= 11 is 0. The van der Waals surface area contributed by atoms with E-state index < -0.39 is 0 Å². The molecule has 1 aliphatic heterocycles. The molecule has 0 unspecified atom stereocenters. The summed E-state index contributed by atoms with van der Waals surface area (Å²) in [5.74, 6) is 0.928. The van der Waals surface area contributed by atoms with Gasteiger partial charge in [-0.05, 0) is 37.0 Å². The molecule has 2 aliphatic rings. The first kappa shape index (κ1) is 12.2. The van der Waals surface area contributed by atoms with Crippen molar-refractivity contribution < 1.29 is 9.59 Å². The van der Waals surface area contributed by atoms with Gasteiger partial charge in [0.15, 0.2) is 0 Å². The lowest BCUT2D eigenvalue weighted by atomic mass is 10.2. The van der Waals surface area contributed by atoms with Gasteiger partial charge in [0.25, 0.3) is 0 Å². The molecule has 2 atom stereocenters. The molecule has 4 nitrogen and oxygen atoms in total. The topological polar surface area (TPSA) is 49.4 Å². The minimum Gasteiger partial charge on any atom is -0.326 e. The van der Waals surface area contributed by atoms with Crippen LogP contribution in [-0.2, 0) is 9.59 Å². The summed E-state index contributed by atoms with van der Waals surface area (Å²) in [4.78, 5) is 25.4. The number of nitrogens with zero attached hydrogens (tertiary/aromatic N) is 1. The maximum Gasteiger partial charge on any atom is 0.227 e. The maximum absolute atomic E-state index is 11.9. The lowest BCUT2D eigenvalue weighted by molar-refractivity contribution is -0.118. The summed E-state index contributed by atoms with van der Waals surface area (Å²) in [6, 6.07) is 7.55. The first-order chi connectivity index (χ1) is 9.15. The number of rotatable bonds is 3. The van der Waals surface area contributed by atoms with Gasteiger partial charge in [-0.15, -0.1) is 0 Å². The van der Waals surface area contributed by atoms with E-state index in [1.54, 1.807) is 4.90 Å². The Kier molecular flexibility index (Phi) is 3.01. The highest BCUT2D eigenvalue weighted by atomic mass is 16.2. The normalized spacial score (nSPS) is 25.5. The second kappa shape index (κ2) is 4.68. The number of anilines is 2. The van der Waals surface area contributed by atoms with Crippen LogP contribution >= 0.6 is 0 Å². The lowest BCUT2D eigenvalue weighted by Crippen LogP contribution is -2.23. The van der Waals surface area contributed by atoms with E-state index in [-0.39, 0.29) is 17.7 Å². The van der Waals surface area contributed by atoms with Gasteiger partial charge in [-0.25, -0.2) is 0 Å². The molecular formula is C15H18N2O2. The molecule has 19 heavy (non-hydrogen) atoms. The molecule has 0 spiro atoms. The zero-order valence-corrected chi connectivity index (χ0v) is 11.1. The van der Waals surface area contributed by atoms with Crippen LogP contribution in [0.2, 0.25) is 0 Å². The van der Waals surface area contributed by atoms with Crippen LogP contribution in [0, 0.1) is 11.8 Å². The van der Waals surface area contributed by atoms with Gasteiger partial charge in [0.1, 0.15) is 0 Å². The van der Waals surface area contributed by atoms with Crippen molar-refractivity contribution >= 4 is 23.2 Å². The Morgan fingerprint density at radius 1 is 1.42 bits per heavy atom. The van der Waals surface area contributed by atoms with Crippen LogP contribution in [0.1, 0.15) is 26.2 Å².